The minimum Gasteiger partial charge on any atom is -0.374 e. The van der Waals surface area contributed by atoms with E-state index in [2.05, 4.69) is 10.6 Å². The topological polar surface area (TPSA) is 122 Å². The smallest absolute Gasteiger partial charge is 0.242 e. The number of nitrogens with two attached hydrogens (primary N) is 1. The van der Waals surface area contributed by atoms with E-state index in [-0.39, 0.29) is 16.7 Å². The van der Waals surface area contributed by atoms with Crippen molar-refractivity contribution in [3.05, 3.63) is 54.1 Å². The molecule has 1 heterocycles. The lowest BCUT2D eigenvalue weighted by atomic mass is 10.1. The molecular weight excluding hydrogens is 404 g/mol. The predicted molar refractivity (Wildman–Crippen MR) is 116 cm³/mol. The van der Waals surface area contributed by atoms with Crippen LogP contribution in [0.4, 0.5) is 11.4 Å². The van der Waals surface area contributed by atoms with Crippen molar-refractivity contribution in [2.45, 2.75) is 37.1 Å². The number of nitrogens with one attached hydrogen (secondary N) is 2. The maximum absolute atomic E-state index is 12.3. The maximum Gasteiger partial charge on any atom is 0.242 e. The molecule has 2 amide bonds. The first-order chi connectivity index (χ1) is 14.2. The van der Waals surface area contributed by atoms with Crippen LogP contribution >= 0.6 is 0 Å². The Kier molecular flexibility index (Phi) is 6.73. The van der Waals surface area contributed by atoms with E-state index in [1.165, 1.54) is 12.1 Å². The van der Waals surface area contributed by atoms with Crippen LogP contribution in [0.2, 0.25) is 0 Å². The molecule has 3 rings (SSSR count). The van der Waals surface area contributed by atoms with Gasteiger partial charge in [0.2, 0.25) is 21.8 Å². The van der Waals surface area contributed by atoms with Crippen LogP contribution in [0.1, 0.15) is 25.3 Å². The highest BCUT2D eigenvalue weighted by molar-refractivity contribution is 7.89. The van der Waals surface area contributed by atoms with Gasteiger partial charge in [-0.15, -0.1) is 0 Å². The van der Waals surface area contributed by atoms with E-state index in [0.717, 1.165) is 29.9 Å². The highest BCUT2D eigenvalue weighted by atomic mass is 32.2. The number of rotatable bonds is 8. The average molecular weight is 431 g/mol. The summed E-state index contributed by atoms with van der Waals surface area (Å²) in [6, 6.07) is 13.3. The number of nitrogens with zero attached hydrogens (tertiary/aromatic N) is 1. The van der Waals surface area contributed by atoms with E-state index in [1.54, 1.807) is 24.0 Å². The third-order valence-corrected chi connectivity index (χ3v) is 5.92. The molecule has 30 heavy (non-hydrogen) atoms. The van der Waals surface area contributed by atoms with E-state index in [1.807, 2.05) is 24.3 Å². The molecule has 4 N–H and O–H groups in total. The van der Waals surface area contributed by atoms with Gasteiger partial charge in [0.1, 0.15) is 6.04 Å². The van der Waals surface area contributed by atoms with Gasteiger partial charge < -0.3 is 15.5 Å². The van der Waals surface area contributed by atoms with Crippen molar-refractivity contribution in [1.29, 1.82) is 0 Å². The Morgan fingerprint density at radius 1 is 1.13 bits per heavy atom. The fourth-order valence-electron chi connectivity index (χ4n) is 3.30. The summed E-state index contributed by atoms with van der Waals surface area (Å²) in [6.07, 6.45) is 2.04. The highest BCUT2D eigenvalue weighted by Gasteiger charge is 2.21. The van der Waals surface area contributed by atoms with E-state index < -0.39 is 16.1 Å². The molecule has 0 aliphatic carbocycles. The second kappa shape index (κ2) is 9.27. The van der Waals surface area contributed by atoms with Crippen LogP contribution in [0, 0.1) is 0 Å². The van der Waals surface area contributed by atoms with Crippen LogP contribution in [0.15, 0.2) is 53.4 Å². The van der Waals surface area contributed by atoms with Gasteiger partial charge >= 0.3 is 0 Å². The average Bonchev–Trinajstić information content (AvgIpc) is 3.14. The van der Waals surface area contributed by atoms with E-state index in [9.17, 15) is 18.0 Å². The number of hydrogen-bond acceptors (Lipinski definition) is 5. The fraction of sp³-hybridized carbons (Fsp3) is 0.333. The number of amides is 2. The minimum absolute atomic E-state index is 0.0632. The van der Waals surface area contributed by atoms with E-state index in [4.69, 9.17) is 5.14 Å². The SMILES string of the molecule is C[C@@H](Nc1ccc(N2CCCC2=O)cc1)C(=O)NCCc1ccc(S(N)(=O)=O)cc1. The van der Waals surface area contributed by atoms with Crippen molar-refractivity contribution in [1.82, 2.24) is 5.32 Å². The van der Waals surface area contributed by atoms with Crippen molar-refractivity contribution < 1.29 is 18.0 Å². The molecule has 9 heteroatoms. The minimum atomic E-state index is -3.70. The van der Waals surface area contributed by atoms with Crippen LogP contribution < -0.4 is 20.7 Å². The van der Waals surface area contributed by atoms with Gasteiger partial charge in [-0.05, 0) is 61.7 Å². The van der Waals surface area contributed by atoms with Gasteiger partial charge in [-0.25, -0.2) is 13.6 Å². The van der Waals surface area contributed by atoms with Crippen molar-refractivity contribution >= 4 is 33.2 Å². The monoisotopic (exact) mass is 430 g/mol. The van der Waals surface area contributed by atoms with Gasteiger partial charge in [-0.1, -0.05) is 12.1 Å². The van der Waals surface area contributed by atoms with Gasteiger partial charge in [0.25, 0.3) is 0 Å². The maximum atomic E-state index is 12.3. The zero-order valence-electron chi connectivity index (χ0n) is 16.8. The largest absolute Gasteiger partial charge is 0.374 e. The van der Waals surface area contributed by atoms with Crippen LogP contribution in [0.5, 0.6) is 0 Å². The molecule has 1 aliphatic heterocycles. The Hall–Kier alpha value is -2.91. The quantitative estimate of drug-likeness (QED) is 0.588. The molecule has 1 saturated heterocycles. The molecule has 8 nitrogen and oxygen atoms in total. The second-order valence-corrected chi connectivity index (χ2v) is 8.85. The number of anilines is 2. The summed E-state index contributed by atoms with van der Waals surface area (Å²) in [7, 11) is -3.70. The summed E-state index contributed by atoms with van der Waals surface area (Å²) in [5.74, 6) is -0.00213. The van der Waals surface area contributed by atoms with E-state index >= 15 is 0 Å². The molecule has 0 bridgehead atoms. The Balaban J connectivity index is 1.46. The predicted octanol–water partition coefficient (Wildman–Crippen LogP) is 1.62. The van der Waals surface area contributed by atoms with Crippen molar-refractivity contribution in [2.75, 3.05) is 23.3 Å². The zero-order chi connectivity index (χ0) is 21.7. The standard InChI is InChI=1S/C21H26N4O4S/c1-15(24-17-6-8-18(9-7-17)25-14-2-3-20(25)26)21(27)23-13-12-16-4-10-19(11-5-16)30(22,28)29/h4-11,15,24H,2-3,12-14H2,1H3,(H,23,27)(H2,22,28,29)/t15-/m1/s1. The van der Waals surface area contributed by atoms with Crippen LogP contribution in [0.3, 0.4) is 0 Å². The molecule has 1 aliphatic rings. The van der Waals surface area contributed by atoms with Crippen molar-refractivity contribution in [3.63, 3.8) is 0 Å². The molecule has 2 aromatic rings. The summed E-state index contributed by atoms with van der Waals surface area (Å²) < 4.78 is 22.5. The number of sulfonamides is 1. The summed E-state index contributed by atoms with van der Waals surface area (Å²) in [4.78, 5) is 26.0. The third kappa shape index (κ3) is 5.58. The fourth-order valence-corrected chi connectivity index (χ4v) is 3.82. The summed E-state index contributed by atoms with van der Waals surface area (Å²) in [5.41, 5.74) is 2.57. The molecule has 0 unspecified atom stereocenters. The zero-order valence-corrected chi connectivity index (χ0v) is 17.6. The van der Waals surface area contributed by atoms with Crippen molar-refractivity contribution in [3.8, 4) is 0 Å². The van der Waals surface area contributed by atoms with Gasteiger partial charge in [0.15, 0.2) is 0 Å². The molecule has 0 aromatic heterocycles. The first kappa shape index (κ1) is 21.8. The molecular formula is C21H26N4O4S. The molecule has 0 radical (unpaired) electrons. The Labute approximate surface area is 176 Å². The lowest BCUT2D eigenvalue weighted by molar-refractivity contribution is -0.121. The Bertz CT molecular complexity index is 1000. The normalized spacial score (nSPS) is 15.1. The lowest BCUT2D eigenvalue weighted by Crippen LogP contribution is -2.38. The van der Waals surface area contributed by atoms with Gasteiger partial charge in [0.05, 0.1) is 4.90 Å². The number of carbonyl (C=O) groups excluding carboxylic acids is 2. The number of benzene rings is 2. The number of carbonyl (C=O) groups is 2. The Morgan fingerprint density at radius 2 is 1.80 bits per heavy atom. The van der Waals surface area contributed by atoms with Gasteiger partial charge in [-0.2, -0.15) is 0 Å². The molecule has 160 valence electrons. The molecule has 1 fully saturated rings. The Morgan fingerprint density at radius 3 is 2.37 bits per heavy atom. The first-order valence-corrected chi connectivity index (χ1v) is 11.3. The molecule has 0 spiro atoms. The highest BCUT2D eigenvalue weighted by Crippen LogP contribution is 2.23. The molecule has 1 atom stereocenters. The third-order valence-electron chi connectivity index (χ3n) is 4.99. The van der Waals surface area contributed by atoms with Gasteiger partial charge in [0, 0.05) is 30.9 Å². The first-order valence-electron chi connectivity index (χ1n) is 9.80. The van der Waals surface area contributed by atoms with Gasteiger partial charge in [-0.3, -0.25) is 9.59 Å². The number of hydrogen-bond donors (Lipinski definition) is 3. The number of primary sulfonamides is 1. The summed E-state index contributed by atoms with van der Waals surface area (Å²) >= 11 is 0. The van der Waals surface area contributed by atoms with Crippen LogP contribution in [-0.2, 0) is 26.0 Å². The van der Waals surface area contributed by atoms with Crippen molar-refractivity contribution in [2.24, 2.45) is 5.14 Å². The van der Waals surface area contributed by atoms with Crippen LogP contribution in [-0.4, -0.2) is 39.4 Å². The summed E-state index contributed by atoms with van der Waals surface area (Å²) in [6.45, 7) is 2.94. The van der Waals surface area contributed by atoms with Crippen LogP contribution in [0.25, 0.3) is 0 Å². The lowest BCUT2D eigenvalue weighted by Gasteiger charge is -2.18. The van der Waals surface area contributed by atoms with E-state index in [0.29, 0.717) is 19.4 Å². The summed E-state index contributed by atoms with van der Waals surface area (Å²) in [5, 5.41) is 11.1. The second-order valence-electron chi connectivity index (χ2n) is 7.29. The molecule has 2 aromatic carbocycles. The molecule has 0 saturated carbocycles.